The van der Waals surface area contributed by atoms with Crippen LogP contribution in [0.4, 0.5) is 10.1 Å². The maximum atomic E-state index is 13.2. The van der Waals surface area contributed by atoms with E-state index < -0.39 is 5.82 Å². The van der Waals surface area contributed by atoms with E-state index in [0.29, 0.717) is 17.3 Å². The SMILES string of the molecule is Cc1cc(Cl)ccc1CNc1ccc(F)c(C#N)c1. The third-order valence-electron chi connectivity index (χ3n) is 2.87. The maximum Gasteiger partial charge on any atom is 0.141 e. The Morgan fingerprint density at radius 1 is 1.26 bits per heavy atom. The van der Waals surface area contributed by atoms with E-state index in [1.54, 1.807) is 6.07 Å². The summed E-state index contributed by atoms with van der Waals surface area (Å²) in [5, 5.41) is 12.6. The number of anilines is 1. The van der Waals surface area contributed by atoms with E-state index in [-0.39, 0.29) is 5.56 Å². The summed E-state index contributed by atoms with van der Waals surface area (Å²) in [5.41, 5.74) is 2.94. The number of nitriles is 1. The lowest BCUT2D eigenvalue weighted by Gasteiger charge is -2.10. The second-order valence-corrected chi connectivity index (χ2v) is 4.67. The summed E-state index contributed by atoms with van der Waals surface area (Å²) in [4.78, 5) is 0. The van der Waals surface area contributed by atoms with Crippen molar-refractivity contribution in [3.63, 3.8) is 0 Å². The van der Waals surface area contributed by atoms with Crippen LogP contribution < -0.4 is 5.32 Å². The standard InChI is InChI=1S/C15H12ClFN2/c1-10-6-13(16)3-2-11(10)9-19-14-4-5-15(17)12(7-14)8-18/h2-7,19H,9H2,1H3. The lowest BCUT2D eigenvalue weighted by Crippen LogP contribution is -2.02. The lowest BCUT2D eigenvalue weighted by molar-refractivity contribution is 0.624. The number of aryl methyl sites for hydroxylation is 1. The lowest BCUT2D eigenvalue weighted by atomic mass is 10.1. The Kier molecular flexibility index (Phi) is 4.03. The predicted molar refractivity (Wildman–Crippen MR) is 74.6 cm³/mol. The van der Waals surface area contributed by atoms with Gasteiger partial charge in [0, 0.05) is 17.3 Å². The van der Waals surface area contributed by atoms with Crippen LogP contribution in [0.25, 0.3) is 0 Å². The van der Waals surface area contributed by atoms with E-state index in [0.717, 1.165) is 11.1 Å². The Bertz CT molecular complexity index is 647. The fourth-order valence-electron chi connectivity index (χ4n) is 1.78. The third kappa shape index (κ3) is 3.24. The first-order valence-corrected chi connectivity index (χ1v) is 6.16. The van der Waals surface area contributed by atoms with Crippen molar-refractivity contribution in [1.29, 1.82) is 5.26 Å². The number of benzene rings is 2. The summed E-state index contributed by atoms with van der Waals surface area (Å²) in [6.45, 7) is 2.58. The van der Waals surface area contributed by atoms with Crippen LogP contribution in [0.2, 0.25) is 5.02 Å². The van der Waals surface area contributed by atoms with E-state index in [1.165, 1.54) is 12.1 Å². The van der Waals surface area contributed by atoms with Crippen LogP contribution in [0, 0.1) is 24.1 Å². The molecule has 0 saturated carbocycles. The first-order valence-electron chi connectivity index (χ1n) is 5.78. The zero-order chi connectivity index (χ0) is 13.8. The normalized spacial score (nSPS) is 10.0. The number of nitrogens with zero attached hydrogens (tertiary/aromatic N) is 1. The molecule has 19 heavy (non-hydrogen) atoms. The van der Waals surface area contributed by atoms with E-state index >= 15 is 0 Å². The monoisotopic (exact) mass is 274 g/mol. The van der Waals surface area contributed by atoms with Gasteiger partial charge in [-0.1, -0.05) is 17.7 Å². The molecule has 0 heterocycles. The maximum absolute atomic E-state index is 13.2. The molecular formula is C15H12ClFN2. The molecule has 2 nitrogen and oxygen atoms in total. The topological polar surface area (TPSA) is 35.8 Å². The molecule has 2 rings (SSSR count). The zero-order valence-corrected chi connectivity index (χ0v) is 11.1. The summed E-state index contributed by atoms with van der Waals surface area (Å²) < 4.78 is 13.2. The van der Waals surface area contributed by atoms with Crippen molar-refractivity contribution in [3.8, 4) is 6.07 Å². The third-order valence-corrected chi connectivity index (χ3v) is 3.11. The van der Waals surface area contributed by atoms with Crippen molar-refractivity contribution in [2.24, 2.45) is 0 Å². The Morgan fingerprint density at radius 2 is 2.05 bits per heavy atom. The average molecular weight is 275 g/mol. The Hall–Kier alpha value is -2.05. The zero-order valence-electron chi connectivity index (χ0n) is 10.4. The van der Waals surface area contributed by atoms with Crippen LogP contribution >= 0.6 is 11.6 Å². The number of nitrogens with one attached hydrogen (secondary N) is 1. The molecule has 1 N–H and O–H groups in total. The van der Waals surface area contributed by atoms with Gasteiger partial charge in [-0.3, -0.25) is 0 Å². The van der Waals surface area contributed by atoms with Gasteiger partial charge in [-0.05, 0) is 48.4 Å². The van der Waals surface area contributed by atoms with E-state index in [1.807, 2.05) is 31.2 Å². The molecule has 2 aromatic rings. The molecule has 0 radical (unpaired) electrons. The van der Waals surface area contributed by atoms with E-state index in [9.17, 15) is 4.39 Å². The van der Waals surface area contributed by atoms with Crippen LogP contribution in [-0.4, -0.2) is 0 Å². The Labute approximate surface area is 116 Å². The minimum atomic E-state index is -0.504. The average Bonchev–Trinajstić information content (AvgIpc) is 2.39. The largest absolute Gasteiger partial charge is 0.381 e. The van der Waals surface area contributed by atoms with Gasteiger partial charge in [-0.2, -0.15) is 5.26 Å². The van der Waals surface area contributed by atoms with Crippen LogP contribution in [-0.2, 0) is 6.54 Å². The van der Waals surface area contributed by atoms with Gasteiger partial charge in [0.25, 0.3) is 0 Å². The van der Waals surface area contributed by atoms with Crippen LogP contribution in [0.1, 0.15) is 16.7 Å². The molecule has 2 aromatic carbocycles. The number of hydrogen-bond acceptors (Lipinski definition) is 2. The van der Waals surface area contributed by atoms with E-state index in [4.69, 9.17) is 16.9 Å². The summed E-state index contributed by atoms with van der Waals surface area (Å²) in [6, 6.07) is 11.9. The highest BCUT2D eigenvalue weighted by molar-refractivity contribution is 6.30. The number of rotatable bonds is 3. The minimum absolute atomic E-state index is 0.0397. The molecule has 0 aliphatic carbocycles. The van der Waals surface area contributed by atoms with E-state index in [2.05, 4.69) is 5.32 Å². The van der Waals surface area contributed by atoms with Gasteiger partial charge in [-0.25, -0.2) is 4.39 Å². The van der Waals surface area contributed by atoms with Crippen molar-refractivity contribution in [2.45, 2.75) is 13.5 Å². The Morgan fingerprint density at radius 3 is 2.74 bits per heavy atom. The molecule has 0 unspecified atom stereocenters. The number of halogens is 2. The molecule has 0 aliphatic rings. The number of hydrogen-bond donors (Lipinski definition) is 1. The summed E-state index contributed by atoms with van der Waals surface area (Å²) in [5.74, 6) is -0.504. The molecule has 0 aliphatic heterocycles. The van der Waals surface area contributed by atoms with Crippen LogP contribution in [0.5, 0.6) is 0 Å². The van der Waals surface area contributed by atoms with Gasteiger partial charge in [0.15, 0.2) is 0 Å². The second kappa shape index (κ2) is 5.73. The molecule has 0 atom stereocenters. The smallest absolute Gasteiger partial charge is 0.141 e. The molecule has 0 fully saturated rings. The molecule has 0 spiro atoms. The molecule has 4 heteroatoms. The molecule has 0 amide bonds. The quantitative estimate of drug-likeness (QED) is 0.907. The summed E-state index contributed by atoms with van der Waals surface area (Å²) in [6.07, 6.45) is 0. The summed E-state index contributed by atoms with van der Waals surface area (Å²) in [7, 11) is 0. The molecule has 0 bridgehead atoms. The molecule has 0 saturated heterocycles. The molecule has 0 aromatic heterocycles. The van der Waals surface area contributed by atoms with Crippen molar-refractivity contribution >= 4 is 17.3 Å². The minimum Gasteiger partial charge on any atom is -0.381 e. The summed E-state index contributed by atoms with van der Waals surface area (Å²) >= 11 is 5.89. The fraction of sp³-hybridized carbons (Fsp3) is 0.133. The highest BCUT2D eigenvalue weighted by Crippen LogP contribution is 2.18. The first kappa shape index (κ1) is 13.4. The van der Waals surface area contributed by atoms with Crippen molar-refractivity contribution < 1.29 is 4.39 Å². The first-order chi connectivity index (χ1) is 9.10. The second-order valence-electron chi connectivity index (χ2n) is 4.23. The van der Waals surface area contributed by atoms with Gasteiger partial charge < -0.3 is 5.32 Å². The van der Waals surface area contributed by atoms with Gasteiger partial charge in [0.2, 0.25) is 0 Å². The van der Waals surface area contributed by atoms with Crippen LogP contribution in [0.15, 0.2) is 36.4 Å². The molecule has 96 valence electrons. The van der Waals surface area contributed by atoms with Crippen molar-refractivity contribution in [2.75, 3.05) is 5.32 Å². The fourth-order valence-corrected chi connectivity index (χ4v) is 2.00. The molecular weight excluding hydrogens is 263 g/mol. The van der Waals surface area contributed by atoms with Gasteiger partial charge in [0.05, 0.1) is 5.56 Å². The highest BCUT2D eigenvalue weighted by atomic mass is 35.5. The predicted octanol–water partition coefficient (Wildman–Crippen LogP) is 4.27. The highest BCUT2D eigenvalue weighted by Gasteiger charge is 2.03. The Balaban J connectivity index is 2.13. The van der Waals surface area contributed by atoms with Crippen molar-refractivity contribution in [3.05, 3.63) is 63.9 Å². The van der Waals surface area contributed by atoms with Gasteiger partial charge >= 0.3 is 0 Å². The van der Waals surface area contributed by atoms with Crippen molar-refractivity contribution in [1.82, 2.24) is 0 Å². The van der Waals surface area contributed by atoms with Gasteiger partial charge in [-0.15, -0.1) is 0 Å². The van der Waals surface area contributed by atoms with Gasteiger partial charge in [0.1, 0.15) is 11.9 Å². The van der Waals surface area contributed by atoms with Crippen LogP contribution in [0.3, 0.4) is 0 Å².